The second-order valence-electron chi connectivity index (χ2n) is 2.63. The smallest absolute Gasteiger partial charge is 0.267 e. The van der Waals surface area contributed by atoms with Crippen molar-refractivity contribution in [2.75, 3.05) is 0 Å². The monoisotopic (exact) mass is 165 g/mol. The molecule has 0 unspecified atom stereocenters. The van der Waals surface area contributed by atoms with E-state index in [4.69, 9.17) is 4.84 Å². The van der Waals surface area contributed by atoms with Crippen molar-refractivity contribution in [3.8, 4) is 5.88 Å². The Hall–Kier alpha value is -1.45. The maximum Gasteiger partial charge on any atom is 0.267 e. The van der Waals surface area contributed by atoms with Gasteiger partial charge in [-0.25, -0.2) is 4.98 Å². The molecule has 12 heavy (non-hydrogen) atoms. The number of aromatic nitrogens is 2. The van der Waals surface area contributed by atoms with E-state index in [1.807, 2.05) is 20.8 Å². The summed E-state index contributed by atoms with van der Waals surface area (Å²) in [5.41, 5.74) is 1.71. The van der Waals surface area contributed by atoms with Crippen LogP contribution in [0.3, 0.4) is 0 Å². The van der Waals surface area contributed by atoms with Gasteiger partial charge in [-0.3, -0.25) is 4.98 Å². The van der Waals surface area contributed by atoms with Gasteiger partial charge in [-0.2, -0.15) is 0 Å². The van der Waals surface area contributed by atoms with Gasteiger partial charge in [0.05, 0.1) is 23.8 Å². The molecule has 0 aliphatic heterocycles. The minimum Gasteiger partial charge on any atom is -0.335 e. The van der Waals surface area contributed by atoms with Gasteiger partial charge in [0.15, 0.2) is 0 Å². The Kier molecular flexibility index (Phi) is 2.74. The van der Waals surface area contributed by atoms with Gasteiger partial charge in [-0.1, -0.05) is 5.16 Å². The highest BCUT2D eigenvalue weighted by atomic mass is 16.6. The molecule has 4 heteroatoms. The molecule has 0 amide bonds. The number of rotatable bonds is 2. The molecule has 0 aromatic carbocycles. The largest absolute Gasteiger partial charge is 0.335 e. The van der Waals surface area contributed by atoms with E-state index in [0.29, 0.717) is 5.88 Å². The molecule has 0 fully saturated rings. The van der Waals surface area contributed by atoms with Crippen LogP contribution in [0.2, 0.25) is 0 Å². The van der Waals surface area contributed by atoms with Crippen LogP contribution in [0.25, 0.3) is 0 Å². The molecule has 0 aliphatic carbocycles. The number of oxime groups is 1. The first-order chi connectivity index (χ1) is 5.68. The topological polar surface area (TPSA) is 47.4 Å². The van der Waals surface area contributed by atoms with E-state index < -0.39 is 0 Å². The summed E-state index contributed by atoms with van der Waals surface area (Å²) in [5.74, 6) is 0.418. The number of hydrogen-bond donors (Lipinski definition) is 0. The minimum atomic E-state index is 0.418. The van der Waals surface area contributed by atoms with Crippen molar-refractivity contribution in [2.24, 2.45) is 5.16 Å². The van der Waals surface area contributed by atoms with Crippen LogP contribution in [0.15, 0.2) is 17.5 Å². The third-order valence-electron chi connectivity index (χ3n) is 1.08. The van der Waals surface area contributed by atoms with Crippen molar-refractivity contribution in [3.05, 3.63) is 18.1 Å². The Balaban J connectivity index is 2.65. The van der Waals surface area contributed by atoms with Crippen molar-refractivity contribution in [1.82, 2.24) is 9.97 Å². The molecule has 0 radical (unpaired) electrons. The molecule has 1 aromatic heterocycles. The lowest BCUT2D eigenvalue weighted by molar-refractivity contribution is 0.325. The average molecular weight is 165 g/mol. The fourth-order valence-electron chi connectivity index (χ4n) is 0.566. The fourth-order valence-corrected chi connectivity index (χ4v) is 0.566. The molecule has 0 saturated heterocycles. The standard InChI is InChI=1S/C8H11N3O/c1-6(2)11-12-8-5-9-7(3)4-10-8/h4-5H,1-3H3. The second kappa shape index (κ2) is 3.80. The quantitative estimate of drug-likeness (QED) is 0.493. The summed E-state index contributed by atoms with van der Waals surface area (Å²) in [5, 5.41) is 3.74. The van der Waals surface area contributed by atoms with Gasteiger partial charge >= 0.3 is 0 Å². The van der Waals surface area contributed by atoms with Crippen LogP contribution in [0.1, 0.15) is 19.5 Å². The third kappa shape index (κ3) is 2.65. The van der Waals surface area contributed by atoms with Crippen molar-refractivity contribution in [3.63, 3.8) is 0 Å². The van der Waals surface area contributed by atoms with Crippen molar-refractivity contribution in [1.29, 1.82) is 0 Å². The zero-order valence-electron chi connectivity index (χ0n) is 7.40. The molecule has 1 heterocycles. The highest BCUT2D eigenvalue weighted by Crippen LogP contribution is 2.03. The Bertz CT molecular complexity index is 275. The summed E-state index contributed by atoms with van der Waals surface area (Å²) in [6, 6.07) is 0. The predicted molar refractivity (Wildman–Crippen MR) is 46.2 cm³/mol. The second-order valence-corrected chi connectivity index (χ2v) is 2.63. The predicted octanol–water partition coefficient (Wildman–Crippen LogP) is 1.56. The number of aryl methyl sites for hydroxylation is 1. The lowest BCUT2D eigenvalue weighted by Crippen LogP contribution is -1.92. The van der Waals surface area contributed by atoms with Crippen LogP contribution < -0.4 is 4.84 Å². The normalized spacial score (nSPS) is 9.25. The Morgan fingerprint density at radius 1 is 1.33 bits per heavy atom. The van der Waals surface area contributed by atoms with Gasteiger partial charge in [0.25, 0.3) is 5.88 Å². The van der Waals surface area contributed by atoms with Crippen molar-refractivity contribution >= 4 is 5.71 Å². The molecule has 1 aromatic rings. The Labute approximate surface area is 71.3 Å². The van der Waals surface area contributed by atoms with Crippen LogP contribution >= 0.6 is 0 Å². The average Bonchev–Trinajstić information content (AvgIpc) is 2.03. The van der Waals surface area contributed by atoms with E-state index in [2.05, 4.69) is 15.1 Å². The zero-order valence-corrected chi connectivity index (χ0v) is 7.40. The molecular formula is C8H11N3O. The Morgan fingerprint density at radius 2 is 2.08 bits per heavy atom. The maximum absolute atomic E-state index is 4.94. The van der Waals surface area contributed by atoms with E-state index in [0.717, 1.165) is 11.4 Å². The Morgan fingerprint density at radius 3 is 2.58 bits per heavy atom. The van der Waals surface area contributed by atoms with Gasteiger partial charge in [-0.05, 0) is 20.8 Å². The molecule has 64 valence electrons. The van der Waals surface area contributed by atoms with Crippen LogP contribution in [0.5, 0.6) is 5.88 Å². The molecule has 0 aliphatic rings. The zero-order chi connectivity index (χ0) is 8.97. The van der Waals surface area contributed by atoms with Crippen molar-refractivity contribution in [2.45, 2.75) is 20.8 Å². The van der Waals surface area contributed by atoms with E-state index in [1.165, 1.54) is 0 Å². The summed E-state index contributed by atoms with van der Waals surface area (Å²) in [4.78, 5) is 12.9. The lowest BCUT2D eigenvalue weighted by Gasteiger charge is -1.96. The number of nitrogens with zero attached hydrogens (tertiary/aromatic N) is 3. The highest BCUT2D eigenvalue weighted by Gasteiger charge is 1.93. The van der Waals surface area contributed by atoms with E-state index in [1.54, 1.807) is 12.4 Å². The van der Waals surface area contributed by atoms with Gasteiger partial charge in [0.2, 0.25) is 0 Å². The molecule has 0 spiro atoms. The first-order valence-electron chi connectivity index (χ1n) is 3.65. The van der Waals surface area contributed by atoms with E-state index in [-0.39, 0.29) is 0 Å². The third-order valence-corrected chi connectivity index (χ3v) is 1.08. The highest BCUT2D eigenvalue weighted by molar-refractivity contribution is 5.78. The van der Waals surface area contributed by atoms with Crippen LogP contribution in [0, 0.1) is 6.92 Å². The molecule has 4 nitrogen and oxygen atoms in total. The summed E-state index contributed by atoms with van der Waals surface area (Å²) in [6.45, 7) is 5.56. The summed E-state index contributed by atoms with van der Waals surface area (Å²) < 4.78 is 0. The molecule has 0 bridgehead atoms. The molecule has 0 saturated carbocycles. The summed E-state index contributed by atoms with van der Waals surface area (Å²) in [6.07, 6.45) is 3.18. The summed E-state index contributed by atoms with van der Waals surface area (Å²) in [7, 11) is 0. The molecule has 1 rings (SSSR count). The van der Waals surface area contributed by atoms with Gasteiger partial charge in [-0.15, -0.1) is 0 Å². The maximum atomic E-state index is 4.94. The fraction of sp³-hybridized carbons (Fsp3) is 0.375. The summed E-state index contributed by atoms with van der Waals surface area (Å²) >= 11 is 0. The van der Waals surface area contributed by atoms with E-state index in [9.17, 15) is 0 Å². The van der Waals surface area contributed by atoms with E-state index >= 15 is 0 Å². The molecule has 0 N–H and O–H groups in total. The van der Waals surface area contributed by atoms with Gasteiger partial charge < -0.3 is 4.84 Å². The first-order valence-corrected chi connectivity index (χ1v) is 3.65. The van der Waals surface area contributed by atoms with Crippen LogP contribution in [-0.2, 0) is 0 Å². The lowest BCUT2D eigenvalue weighted by atomic mass is 10.5. The number of hydrogen-bond acceptors (Lipinski definition) is 4. The minimum absolute atomic E-state index is 0.418. The van der Waals surface area contributed by atoms with Crippen LogP contribution in [0.4, 0.5) is 0 Å². The van der Waals surface area contributed by atoms with Crippen LogP contribution in [-0.4, -0.2) is 15.7 Å². The van der Waals surface area contributed by atoms with Gasteiger partial charge in [0.1, 0.15) is 0 Å². The molecule has 0 atom stereocenters. The van der Waals surface area contributed by atoms with Gasteiger partial charge in [0, 0.05) is 0 Å². The van der Waals surface area contributed by atoms with Crippen molar-refractivity contribution < 1.29 is 4.84 Å². The first kappa shape index (κ1) is 8.64. The SMILES string of the molecule is CC(C)=NOc1cnc(C)cn1. The molecular weight excluding hydrogens is 154 g/mol.